The number of esters is 1. The SMILES string of the molecule is COC(=O)CC(C)c1ccccc1N. The second-order valence-corrected chi connectivity index (χ2v) is 3.31. The molecular formula is C11H15NO2. The molecule has 1 unspecified atom stereocenters. The molecule has 0 spiro atoms. The highest BCUT2D eigenvalue weighted by Crippen LogP contribution is 2.24. The minimum Gasteiger partial charge on any atom is -0.469 e. The Morgan fingerprint density at radius 2 is 2.14 bits per heavy atom. The van der Waals surface area contributed by atoms with Crippen molar-refractivity contribution >= 4 is 11.7 Å². The van der Waals surface area contributed by atoms with Gasteiger partial charge in [0, 0.05) is 5.69 Å². The van der Waals surface area contributed by atoms with Gasteiger partial charge in [-0.1, -0.05) is 25.1 Å². The van der Waals surface area contributed by atoms with Crippen LogP contribution in [0.5, 0.6) is 0 Å². The molecule has 0 aromatic heterocycles. The van der Waals surface area contributed by atoms with Crippen LogP contribution in [0.15, 0.2) is 24.3 Å². The Balaban J connectivity index is 2.74. The second kappa shape index (κ2) is 4.65. The van der Waals surface area contributed by atoms with Gasteiger partial charge in [0.2, 0.25) is 0 Å². The predicted octanol–water partition coefficient (Wildman–Crippen LogP) is 1.94. The number of ether oxygens (including phenoxy) is 1. The quantitative estimate of drug-likeness (QED) is 0.589. The number of nitrogens with two attached hydrogens (primary N) is 1. The fourth-order valence-electron chi connectivity index (χ4n) is 1.40. The summed E-state index contributed by atoms with van der Waals surface area (Å²) in [5.41, 5.74) is 7.51. The summed E-state index contributed by atoms with van der Waals surface area (Å²) in [4.78, 5) is 11.0. The van der Waals surface area contributed by atoms with E-state index in [1.54, 1.807) is 0 Å². The lowest BCUT2D eigenvalue weighted by Crippen LogP contribution is -2.07. The third kappa shape index (κ3) is 2.49. The Morgan fingerprint density at radius 1 is 1.50 bits per heavy atom. The summed E-state index contributed by atoms with van der Waals surface area (Å²) >= 11 is 0. The highest BCUT2D eigenvalue weighted by Gasteiger charge is 2.12. The van der Waals surface area contributed by atoms with Gasteiger partial charge < -0.3 is 10.5 Å². The number of methoxy groups -OCH3 is 1. The van der Waals surface area contributed by atoms with Gasteiger partial charge >= 0.3 is 5.97 Å². The molecule has 0 saturated heterocycles. The van der Waals surface area contributed by atoms with Crippen molar-refractivity contribution in [2.75, 3.05) is 12.8 Å². The molecule has 0 fully saturated rings. The molecule has 3 nitrogen and oxygen atoms in total. The molecule has 0 aliphatic rings. The average molecular weight is 193 g/mol. The maximum Gasteiger partial charge on any atom is 0.306 e. The van der Waals surface area contributed by atoms with Crippen molar-refractivity contribution in [3.05, 3.63) is 29.8 Å². The third-order valence-electron chi connectivity index (χ3n) is 2.23. The number of para-hydroxylation sites is 1. The number of carbonyl (C=O) groups excluding carboxylic acids is 1. The van der Waals surface area contributed by atoms with E-state index >= 15 is 0 Å². The molecule has 3 heteroatoms. The predicted molar refractivity (Wildman–Crippen MR) is 55.9 cm³/mol. The minimum atomic E-state index is -0.208. The standard InChI is InChI=1S/C11H15NO2/c1-8(7-11(13)14-2)9-5-3-4-6-10(9)12/h3-6,8H,7,12H2,1-2H3. The smallest absolute Gasteiger partial charge is 0.306 e. The highest BCUT2D eigenvalue weighted by molar-refractivity contribution is 5.70. The maximum atomic E-state index is 11.0. The molecule has 1 aromatic carbocycles. The molecule has 76 valence electrons. The summed E-state index contributed by atoms with van der Waals surface area (Å²) in [7, 11) is 1.39. The minimum absolute atomic E-state index is 0.101. The molecule has 1 aromatic rings. The third-order valence-corrected chi connectivity index (χ3v) is 2.23. The summed E-state index contributed by atoms with van der Waals surface area (Å²) in [6.07, 6.45) is 0.366. The highest BCUT2D eigenvalue weighted by atomic mass is 16.5. The van der Waals surface area contributed by atoms with E-state index in [-0.39, 0.29) is 11.9 Å². The first-order valence-electron chi connectivity index (χ1n) is 4.56. The van der Waals surface area contributed by atoms with Crippen molar-refractivity contribution in [3.8, 4) is 0 Å². The molecule has 1 atom stereocenters. The van der Waals surface area contributed by atoms with E-state index in [0.717, 1.165) is 11.3 Å². The number of rotatable bonds is 3. The first-order valence-corrected chi connectivity index (χ1v) is 4.56. The van der Waals surface area contributed by atoms with Crippen molar-refractivity contribution < 1.29 is 9.53 Å². The molecule has 0 saturated carbocycles. The van der Waals surface area contributed by atoms with E-state index in [0.29, 0.717) is 6.42 Å². The summed E-state index contributed by atoms with van der Waals surface area (Å²) in [6.45, 7) is 1.96. The van der Waals surface area contributed by atoms with Gasteiger partial charge in [0.15, 0.2) is 0 Å². The summed E-state index contributed by atoms with van der Waals surface area (Å²) < 4.78 is 4.60. The molecule has 1 rings (SSSR count). The largest absolute Gasteiger partial charge is 0.469 e. The number of hydrogen-bond acceptors (Lipinski definition) is 3. The van der Waals surface area contributed by atoms with Crippen LogP contribution in [0.1, 0.15) is 24.8 Å². The fraction of sp³-hybridized carbons (Fsp3) is 0.364. The normalized spacial score (nSPS) is 12.1. The van der Waals surface area contributed by atoms with E-state index in [1.165, 1.54) is 7.11 Å². The van der Waals surface area contributed by atoms with Crippen molar-refractivity contribution in [2.45, 2.75) is 19.3 Å². The first-order chi connectivity index (χ1) is 6.65. The zero-order valence-electron chi connectivity index (χ0n) is 8.49. The van der Waals surface area contributed by atoms with Crippen LogP contribution in [0.25, 0.3) is 0 Å². The lowest BCUT2D eigenvalue weighted by Gasteiger charge is -2.12. The lowest BCUT2D eigenvalue weighted by molar-refractivity contribution is -0.140. The van der Waals surface area contributed by atoms with Gasteiger partial charge in [0.1, 0.15) is 0 Å². The van der Waals surface area contributed by atoms with Crippen LogP contribution in [0.3, 0.4) is 0 Å². The van der Waals surface area contributed by atoms with Crippen molar-refractivity contribution in [1.29, 1.82) is 0 Å². The molecule has 2 N–H and O–H groups in total. The molecule has 0 aliphatic carbocycles. The topological polar surface area (TPSA) is 52.3 Å². The van der Waals surface area contributed by atoms with Crippen LogP contribution in [-0.2, 0) is 9.53 Å². The van der Waals surface area contributed by atoms with E-state index in [4.69, 9.17) is 5.73 Å². The molecule has 0 heterocycles. The first kappa shape index (κ1) is 10.6. The maximum absolute atomic E-state index is 11.0. The average Bonchev–Trinajstić information content (AvgIpc) is 2.18. The van der Waals surface area contributed by atoms with Gasteiger partial charge in [0.25, 0.3) is 0 Å². The van der Waals surface area contributed by atoms with Gasteiger partial charge in [-0.05, 0) is 17.5 Å². The summed E-state index contributed by atoms with van der Waals surface area (Å²) in [6, 6.07) is 7.56. The number of benzene rings is 1. The molecular weight excluding hydrogens is 178 g/mol. The summed E-state index contributed by atoms with van der Waals surface area (Å²) in [5.74, 6) is -0.107. The van der Waals surface area contributed by atoms with E-state index in [1.807, 2.05) is 31.2 Å². The van der Waals surface area contributed by atoms with Crippen LogP contribution in [0.4, 0.5) is 5.69 Å². The van der Waals surface area contributed by atoms with Gasteiger partial charge in [-0.3, -0.25) is 4.79 Å². The van der Waals surface area contributed by atoms with Crippen LogP contribution >= 0.6 is 0 Å². The van der Waals surface area contributed by atoms with Crippen molar-refractivity contribution in [3.63, 3.8) is 0 Å². The van der Waals surface area contributed by atoms with E-state index in [9.17, 15) is 4.79 Å². The van der Waals surface area contributed by atoms with Gasteiger partial charge in [-0.2, -0.15) is 0 Å². The van der Waals surface area contributed by atoms with Gasteiger partial charge in [0.05, 0.1) is 13.5 Å². The number of anilines is 1. The van der Waals surface area contributed by atoms with Gasteiger partial charge in [-0.15, -0.1) is 0 Å². The second-order valence-electron chi connectivity index (χ2n) is 3.31. The zero-order valence-corrected chi connectivity index (χ0v) is 8.49. The Hall–Kier alpha value is -1.51. The number of carbonyl (C=O) groups is 1. The number of hydrogen-bond donors (Lipinski definition) is 1. The van der Waals surface area contributed by atoms with E-state index < -0.39 is 0 Å². The molecule has 0 bridgehead atoms. The van der Waals surface area contributed by atoms with Crippen molar-refractivity contribution in [1.82, 2.24) is 0 Å². The molecule has 0 amide bonds. The lowest BCUT2D eigenvalue weighted by atomic mass is 9.96. The van der Waals surface area contributed by atoms with Crippen LogP contribution in [0.2, 0.25) is 0 Å². The molecule has 0 radical (unpaired) electrons. The fourth-order valence-corrected chi connectivity index (χ4v) is 1.40. The Labute approximate surface area is 83.9 Å². The molecule has 0 aliphatic heterocycles. The van der Waals surface area contributed by atoms with E-state index in [2.05, 4.69) is 4.74 Å². The zero-order chi connectivity index (χ0) is 10.6. The van der Waals surface area contributed by atoms with Crippen LogP contribution in [0, 0.1) is 0 Å². The summed E-state index contributed by atoms with van der Waals surface area (Å²) in [5, 5.41) is 0. The van der Waals surface area contributed by atoms with Crippen molar-refractivity contribution in [2.24, 2.45) is 0 Å². The molecule has 14 heavy (non-hydrogen) atoms. The Bertz CT molecular complexity index is 323. The van der Waals surface area contributed by atoms with Crippen LogP contribution < -0.4 is 5.73 Å². The number of nitrogen functional groups attached to an aromatic ring is 1. The Morgan fingerprint density at radius 3 is 2.71 bits per heavy atom. The van der Waals surface area contributed by atoms with Gasteiger partial charge in [-0.25, -0.2) is 0 Å². The van der Waals surface area contributed by atoms with Crippen LogP contribution in [-0.4, -0.2) is 13.1 Å². The monoisotopic (exact) mass is 193 g/mol. The Kier molecular flexibility index (Phi) is 3.51.